The normalized spacial score (nSPS) is 11.5. The molecular weight excluding hydrogens is 371 g/mol. The number of amides is 1. The molecule has 1 aromatic heterocycles. The van der Waals surface area contributed by atoms with Crippen LogP contribution in [0.15, 0.2) is 24.3 Å². The SMILES string of the molecule is O=C(Nc1cc(OCC(F)F)cc([N+](=O)[O-])c1)c1cc(C(F)(F)F)[nH]n1. The van der Waals surface area contributed by atoms with Crippen LogP contribution in [0.4, 0.5) is 33.3 Å². The van der Waals surface area contributed by atoms with Crippen molar-refractivity contribution in [3.8, 4) is 5.75 Å². The van der Waals surface area contributed by atoms with Crippen molar-refractivity contribution >= 4 is 17.3 Å². The molecule has 0 radical (unpaired) electrons. The summed E-state index contributed by atoms with van der Waals surface area (Å²) in [5, 5.41) is 17.8. The number of H-pyrrole nitrogens is 1. The molecule has 0 fully saturated rings. The van der Waals surface area contributed by atoms with E-state index in [1.54, 1.807) is 5.10 Å². The summed E-state index contributed by atoms with van der Waals surface area (Å²) in [6.45, 7) is -1.04. The van der Waals surface area contributed by atoms with E-state index < -0.39 is 47.1 Å². The number of nitro benzene ring substituents is 1. The van der Waals surface area contributed by atoms with Gasteiger partial charge < -0.3 is 10.1 Å². The van der Waals surface area contributed by atoms with Crippen LogP contribution < -0.4 is 10.1 Å². The van der Waals surface area contributed by atoms with Crippen molar-refractivity contribution in [3.05, 3.63) is 45.8 Å². The number of aromatic nitrogens is 2. The third-order valence-corrected chi connectivity index (χ3v) is 2.85. The Morgan fingerprint density at radius 2 is 2.00 bits per heavy atom. The highest BCUT2D eigenvalue weighted by Gasteiger charge is 2.33. The van der Waals surface area contributed by atoms with E-state index in [4.69, 9.17) is 0 Å². The van der Waals surface area contributed by atoms with E-state index >= 15 is 0 Å². The summed E-state index contributed by atoms with van der Waals surface area (Å²) in [6.07, 6.45) is -7.58. The van der Waals surface area contributed by atoms with Gasteiger partial charge in [-0.2, -0.15) is 18.3 Å². The van der Waals surface area contributed by atoms with Gasteiger partial charge in [0, 0.05) is 18.2 Å². The van der Waals surface area contributed by atoms with Crippen LogP contribution in [-0.2, 0) is 6.18 Å². The van der Waals surface area contributed by atoms with Crippen LogP contribution in [-0.4, -0.2) is 34.1 Å². The summed E-state index contributed by atoms with van der Waals surface area (Å²) in [6, 6.07) is 3.18. The average Bonchev–Trinajstić information content (AvgIpc) is 3.03. The maximum atomic E-state index is 12.5. The molecule has 140 valence electrons. The second-order valence-corrected chi connectivity index (χ2v) is 4.79. The van der Waals surface area contributed by atoms with Crippen LogP contribution >= 0.6 is 0 Å². The fraction of sp³-hybridized carbons (Fsp3) is 0.231. The number of anilines is 1. The van der Waals surface area contributed by atoms with Gasteiger partial charge in [0.05, 0.1) is 16.7 Å². The Morgan fingerprint density at radius 3 is 2.54 bits per heavy atom. The van der Waals surface area contributed by atoms with Crippen LogP contribution in [0, 0.1) is 10.1 Å². The molecule has 8 nitrogen and oxygen atoms in total. The number of rotatable bonds is 6. The third-order valence-electron chi connectivity index (χ3n) is 2.85. The standard InChI is InChI=1S/C13H9F5N4O4/c14-11(15)5-26-8-2-6(1-7(3-8)22(24)25)19-12(23)9-4-10(21-20-9)13(16,17)18/h1-4,11H,5H2,(H,19,23)(H,20,21). The minimum Gasteiger partial charge on any atom is -0.487 e. The lowest BCUT2D eigenvalue weighted by molar-refractivity contribution is -0.384. The molecule has 2 aromatic rings. The predicted octanol–water partition coefficient (Wildman–Crippen LogP) is 3.23. The van der Waals surface area contributed by atoms with Crippen molar-refractivity contribution in [2.45, 2.75) is 12.6 Å². The van der Waals surface area contributed by atoms with Crippen LogP contribution in [0.3, 0.4) is 0 Å². The summed E-state index contributed by atoms with van der Waals surface area (Å²) in [4.78, 5) is 21.9. The van der Waals surface area contributed by atoms with Gasteiger partial charge in [0.2, 0.25) is 0 Å². The van der Waals surface area contributed by atoms with Gasteiger partial charge in [-0.1, -0.05) is 0 Å². The highest BCUT2D eigenvalue weighted by Crippen LogP contribution is 2.29. The third kappa shape index (κ3) is 4.87. The molecule has 0 spiro atoms. The van der Waals surface area contributed by atoms with Crippen molar-refractivity contribution in [1.29, 1.82) is 0 Å². The maximum absolute atomic E-state index is 12.5. The Morgan fingerprint density at radius 1 is 1.31 bits per heavy atom. The number of halogens is 5. The lowest BCUT2D eigenvalue weighted by Crippen LogP contribution is -2.13. The molecule has 2 rings (SSSR count). The number of nitrogens with zero attached hydrogens (tertiary/aromatic N) is 2. The molecule has 1 aromatic carbocycles. The quantitative estimate of drug-likeness (QED) is 0.454. The summed E-state index contributed by atoms with van der Waals surface area (Å²) in [5.74, 6) is -1.43. The van der Waals surface area contributed by atoms with Gasteiger partial charge >= 0.3 is 6.18 Å². The number of ether oxygens (including phenoxy) is 1. The van der Waals surface area contributed by atoms with E-state index in [1.807, 2.05) is 0 Å². The second kappa shape index (κ2) is 7.33. The van der Waals surface area contributed by atoms with Crippen molar-refractivity contribution in [1.82, 2.24) is 10.2 Å². The van der Waals surface area contributed by atoms with E-state index in [2.05, 4.69) is 15.2 Å². The maximum Gasteiger partial charge on any atom is 0.432 e. The van der Waals surface area contributed by atoms with E-state index in [9.17, 15) is 36.9 Å². The Kier molecular flexibility index (Phi) is 5.38. The van der Waals surface area contributed by atoms with Crippen molar-refractivity contribution in [2.24, 2.45) is 0 Å². The largest absolute Gasteiger partial charge is 0.487 e. The smallest absolute Gasteiger partial charge is 0.432 e. The molecule has 0 saturated carbocycles. The molecule has 0 unspecified atom stereocenters. The Bertz CT molecular complexity index is 821. The highest BCUT2D eigenvalue weighted by molar-refractivity contribution is 6.03. The summed E-state index contributed by atoms with van der Waals surface area (Å²) < 4.78 is 66.5. The fourth-order valence-electron chi connectivity index (χ4n) is 1.78. The van der Waals surface area contributed by atoms with Gasteiger partial charge in [0.25, 0.3) is 18.0 Å². The van der Waals surface area contributed by atoms with Crippen LogP contribution in [0.25, 0.3) is 0 Å². The van der Waals surface area contributed by atoms with Gasteiger partial charge in [0.1, 0.15) is 18.1 Å². The Hall–Kier alpha value is -3.25. The molecule has 13 heteroatoms. The monoisotopic (exact) mass is 380 g/mol. The lowest BCUT2D eigenvalue weighted by Gasteiger charge is -2.08. The van der Waals surface area contributed by atoms with Crippen molar-refractivity contribution in [3.63, 3.8) is 0 Å². The number of carbonyl (C=O) groups excluding carboxylic acids is 1. The summed E-state index contributed by atoms with van der Waals surface area (Å²) >= 11 is 0. The van der Waals surface area contributed by atoms with E-state index in [1.165, 1.54) is 0 Å². The molecular formula is C13H9F5N4O4. The second-order valence-electron chi connectivity index (χ2n) is 4.79. The van der Waals surface area contributed by atoms with Crippen LogP contribution in [0.1, 0.15) is 16.2 Å². The molecule has 0 aliphatic carbocycles. The first kappa shape index (κ1) is 19.1. The van der Waals surface area contributed by atoms with Crippen LogP contribution in [0.5, 0.6) is 5.75 Å². The molecule has 0 atom stereocenters. The van der Waals surface area contributed by atoms with Gasteiger partial charge in [0.15, 0.2) is 5.69 Å². The minimum atomic E-state index is -4.74. The van der Waals surface area contributed by atoms with Crippen molar-refractivity contribution < 1.29 is 36.4 Å². The number of aromatic amines is 1. The van der Waals surface area contributed by atoms with E-state index in [-0.39, 0.29) is 11.4 Å². The number of hydrogen-bond donors (Lipinski definition) is 2. The molecule has 1 amide bonds. The first-order valence-electron chi connectivity index (χ1n) is 6.70. The van der Waals surface area contributed by atoms with Gasteiger partial charge in [-0.3, -0.25) is 20.0 Å². The van der Waals surface area contributed by atoms with Crippen molar-refractivity contribution in [2.75, 3.05) is 11.9 Å². The van der Waals surface area contributed by atoms with E-state index in [0.29, 0.717) is 6.07 Å². The number of carbonyl (C=O) groups is 1. The number of alkyl halides is 5. The first-order chi connectivity index (χ1) is 12.1. The number of benzene rings is 1. The first-order valence-corrected chi connectivity index (χ1v) is 6.70. The number of non-ortho nitro benzene ring substituents is 1. The lowest BCUT2D eigenvalue weighted by atomic mass is 10.2. The zero-order valence-corrected chi connectivity index (χ0v) is 12.5. The number of nitrogens with one attached hydrogen (secondary N) is 2. The minimum absolute atomic E-state index is 0.245. The average molecular weight is 380 g/mol. The molecule has 2 N–H and O–H groups in total. The molecule has 0 saturated heterocycles. The molecule has 0 aliphatic rings. The molecule has 0 bridgehead atoms. The van der Waals surface area contributed by atoms with Gasteiger partial charge in [-0.05, 0) is 0 Å². The predicted molar refractivity (Wildman–Crippen MR) is 76.1 cm³/mol. The molecule has 26 heavy (non-hydrogen) atoms. The number of hydrogen-bond acceptors (Lipinski definition) is 5. The molecule has 0 aliphatic heterocycles. The zero-order valence-electron chi connectivity index (χ0n) is 12.5. The topological polar surface area (TPSA) is 110 Å². The van der Waals surface area contributed by atoms with Crippen LogP contribution in [0.2, 0.25) is 0 Å². The van der Waals surface area contributed by atoms with Gasteiger partial charge in [-0.25, -0.2) is 8.78 Å². The highest BCUT2D eigenvalue weighted by atomic mass is 19.4. The molecule has 1 heterocycles. The fourth-order valence-corrected chi connectivity index (χ4v) is 1.78. The Balaban J connectivity index is 2.22. The zero-order chi connectivity index (χ0) is 19.5. The number of nitro groups is 1. The van der Waals surface area contributed by atoms with Gasteiger partial charge in [-0.15, -0.1) is 0 Å². The summed E-state index contributed by atoms with van der Waals surface area (Å²) in [5.41, 5.74) is -2.71. The summed E-state index contributed by atoms with van der Waals surface area (Å²) in [7, 11) is 0. The van der Waals surface area contributed by atoms with E-state index in [0.717, 1.165) is 18.2 Å². The Labute approximate surface area is 141 Å².